The van der Waals surface area contributed by atoms with Crippen molar-refractivity contribution in [1.29, 1.82) is 0 Å². The van der Waals surface area contributed by atoms with Gasteiger partial charge in [0.15, 0.2) is 0 Å². The van der Waals surface area contributed by atoms with Gasteiger partial charge in [-0.05, 0) is 36.8 Å². The molecular weight excluding hydrogens is 168 g/mol. The van der Waals surface area contributed by atoms with E-state index in [1.54, 1.807) is 0 Å². The van der Waals surface area contributed by atoms with Crippen molar-refractivity contribution >= 4 is 0 Å². The van der Waals surface area contributed by atoms with Crippen LogP contribution in [0, 0.1) is 18.9 Å². The average molecular weight is 187 g/mol. The van der Waals surface area contributed by atoms with Crippen molar-refractivity contribution in [3.05, 3.63) is 35.4 Å². The highest BCUT2D eigenvalue weighted by Gasteiger charge is 2.22. The summed E-state index contributed by atoms with van der Waals surface area (Å²) in [4.78, 5) is 0. The Bertz CT molecular complexity index is 283. The summed E-state index contributed by atoms with van der Waals surface area (Å²) in [5.74, 6) is 1.62. The van der Waals surface area contributed by atoms with E-state index in [1.165, 1.54) is 36.8 Å². The molecule has 0 N–H and O–H groups in total. The summed E-state index contributed by atoms with van der Waals surface area (Å²) in [6, 6.07) is 10.0. The quantitative estimate of drug-likeness (QED) is 0.621. The first-order valence-electron chi connectivity index (χ1n) is 5.75. The van der Waals surface area contributed by atoms with Crippen molar-refractivity contribution in [2.45, 2.75) is 45.4 Å². The first-order valence-corrected chi connectivity index (χ1v) is 5.75. The van der Waals surface area contributed by atoms with Gasteiger partial charge < -0.3 is 0 Å². The van der Waals surface area contributed by atoms with Gasteiger partial charge in [-0.3, -0.25) is 0 Å². The van der Waals surface area contributed by atoms with Gasteiger partial charge >= 0.3 is 0 Å². The Kier molecular flexibility index (Phi) is 2.90. The molecule has 0 bridgehead atoms. The van der Waals surface area contributed by atoms with Crippen molar-refractivity contribution < 1.29 is 0 Å². The highest BCUT2D eigenvalue weighted by atomic mass is 14.3. The van der Waals surface area contributed by atoms with Gasteiger partial charge in [-0.25, -0.2) is 0 Å². The Morgan fingerprint density at radius 1 is 1.21 bits per heavy atom. The van der Waals surface area contributed by atoms with Crippen LogP contribution in [0.1, 0.15) is 49.7 Å². The van der Waals surface area contributed by atoms with E-state index in [0.29, 0.717) is 0 Å². The van der Waals surface area contributed by atoms with Crippen LogP contribution in [0.3, 0.4) is 0 Å². The third-order valence-electron chi connectivity index (χ3n) is 3.50. The molecule has 1 aliphatic rings. The van der Waals surface area contributed by atoms with Gasteiger partial charge in [0.05, 0.1) is 0 Å². The summed E-state index contributed by atoms with van der Waals surface area (Å²) in [6.45, 7) is 4.52. The highest BCUT2D eigenvalue weighted by Crippen LogP contribution is 2.37. The summed E-state index contributed by atoms with van der Waals surface area (Å²) in [5.41, 5.74) is 2.75. The minimum Gasteiger partial charge on any atom is -0.0619 e. The molecule has 1 fully saturated rings. The van der Waals surface area contributed by atoms with E-state index in [-0.39, 0.29) is 0 Å². The van der Waals surface area contributed by atoms with Crippen LogP contribution in [-0.2, 0) is 0 Å². The third-order valence-corrected chi connectivity index (χ3v) is 3.50. The second-order valence-electron chi connectivity index (χ2n) is 4.69. The van der Waals surface area contributed by atoms with Crippen LogP contribution >= 0.6 is 0 Å². The summed E-state index contributed by atoms with van der Waals surface area (Å²) >= 11 is 0. The molecule has 1 saturated carbocycles. The molecule has 0 nitrogen and oxygen atoms in total. The molecular formula is C14H19. The van der Waals surface area contributed by atoms with Crippen LogP contribution in [0.2, 0.25) is 0 Å². The fraction of sp³-hybridized carbons (Fsp3) is 0.571. The Morgan fingerprint density at radius 3 is 2.64 bits per heavy atom. The van der Waals surface area contributed by atoms with Crippen molar-refractivity contribution in [3.8, 4) is 0 Å². The predicted octanol–water partition coefficient (Wildman–Crippen LogP) is 4.09. The second-order valence-corrected chi connectivity index (χ2v) is 4.69. The molecule has 0 aliphatic heterocycles. The molecule has 1 radical (unpaired) electrons. The molecule has 0 spiro atoms. The minimum absolute atomic E-state index is 0.768. The van der Waals surface area contributed by atoms with E-state index < -0.39 is 0 Å². The summed E-state index contributed by atoms with van der Waals surface area (Å²) in [7, 11) is 0. The molecule has 1 aromatic carbocycles. The second kappa shape index (κ2) is 4.16. The number of aryl methyl sites for hydroxylation is 1. The largest absolute Gasteiger partial charge is 0.0619 e. The van der Waals surface area contributed by atoms with Crippen LogP contribution in [0.15, 0.2) is 18.2 Å². The van der Waals surface area contributed by atoms with E-state index in [2.05, 4.69) is 38.1 Å². The topological polar surface area (TPSA) is 0 Å². The maximum absolute atomic E-state index is 3.44. The van der Waals surface area contributed by atoms with E-state index in [9.17, 15) is 0 Å². The minimum atomic E-state index is 0.768. The van der Waals surface area contributed by atoms with Crippen molar-refractivity contribution in [3.63, 3.8) is 0 Å². The number of benzene rings is 1. The fourth-order valence-corrected chi connectivity index (χ4v) is 2.52. The van der Waals surface area contributed by atoms with Crippen LogP contribution in [0.4, 0.5) is 0 Å². The molecule has 75 valence electrons. The Morgan fingerprint density at radius 2 is 2.00 bits per heavy atom. The summed E-state index contributed by atoms with van der Waals surface area (Å²) < 4.78 is 0. The molecule has 1 aromatic rings. The average Bonchev–Trinajstić information content (AvgIpc) is 2.20. The lowest BCUT2D eigenvalue weighted by Gasteiger charge is -2.28. The molecule has 14 heavy (non-hydrogen) atoms. The maximum atomic E-state index is 3.44. The van der Waals surface area contributed by atoms with Crippen LogP contribution < -0.4 is 0 Å². The molecule has 2 rings (SSSR count). The molecule has 2 atom stereocenters. The molecule has 1 aliphatic carbocycles. The van der Waals surface area contributed by atoms with Gasteiger partial charge in [0.25, 0.3) is 0 Å². The molecule has 0 amide bonds. The van der Waals surface area contributed by atoms with E-state index in [4.69, 9.17) is 0 Å². The zero-order valence-electron chi connectivity index (χ0n) is 9.22. The zero-order chi connectivity index (χ0) is 9.97. The Balaban J connectivity index is 2.16. The lowest BCUT2D eigenvalue weighted by Crippen LogP contribution is -2.14. The van der Waals surface area contributed by atoms with Gasteiger partial charge in [-0.15, -0.1) is 0 Å². The Labute approximate surface area is 87.3 Å². The van der Waals surface area contributed by atoms with Gasteiger partial charge in [0.1, 0.15) is 0 Å². The van der Waals surface area contributed by atoms with E-state index >= 15 is 0 Å². The fourth-order valence-electron chi connectivity index (χ4n) is 2.52. The maximum Gasteiger partial charge on any atom is -0.0130 e. The van der Waals surface area contributed by atoms with Crippen LogP contribution in [0.25, 0.3) is 0 Å². The highest BCUT2D eigenvalue weighted by molar-refractivity contribution is 5.24. The summed E-state index contributed by atoms with van der Waals surface area (Å²) in [6.07, 6.45) is 5.58. The molecule has 0 aromatic heterocycles. The van der Waals surface area contributed by atoms with Gasteiger partial charge in [0, 0.05) is 0 Å². The number of hydrogen-bond donors (Lipinski definition) is 0. The van der Waals surface area contributed by atoms with Crippen LogP contribution in [-0.4, -0.2) is 0 Å². The standard InChI is InChI=1S/C14H19/c1-11-7-9-13(10-8-11)14-6-4-3-5-12(14)2/h7-9,12,14H,3-6H2,1-2H3. The molecule has 0 saturated heterocycles. The smallest absolute Gasteiger partial charge is 0.0130 e. The van der Waals surface area contributed by atoms with Gasteiger partial charge in [-0.2, -0.15) is 0 Å². The first-order chi connectivity index (χ1) is 6.77. The predicted molar refractivity (Wildman–Crippen MR) is 60.4 cm³/mol. The number of hydrogen-bond acceptors (Lipinski definition) is 0. The first kappa shape index (κ1) is 9.76. The van der Waals surface area contributed by atoms with Gasteiger partial charge in [0.2, 0.25) is 0 Å². The zero-order valence-corrected chi connectivity index (χ0v) is 9.22. The summed E-state index contributed by atoms with van der Waals surface area (Å²) in [5, 5.41) is 0. The van der Waals surface area contributed by atoms with Crippen molar-refractivity contribution in [1.82, 2.24) is 0 Å². The van der Waals surface area contributed by atoms with Crippen molar-refractivity contribution in [2.24, 2.45) is 5.92 Å². The lowest BCUT2D eigenvalue weighted by molar-refractivity contribution is 0.330. The molecule has 2 unspecified atom stereocenters. The molecule has 0 heteroatoms. The third kappa shape index (κ3) is 2.00. The Hall–Kier alpha value is -0.780. The normalized spacial score (nSPS) is 27.6. The SMILES string of the molecule is Cc1c[c]c(C2CCCCC2C)cc1. The van der Waals surface area contributed by atoms with E-state index in [1.807, 2.05) is 0 Å². The molecule has 0 heterocycles. The monoisotopic (exact) mass is 187 g/mol. The van der Waals surface area contributed by atoms with Gasteiger partial charge in [-0.1, -0.05) is 49.9 Å². The van der Waals surface area contributed by atoms with E-state index in [0.717, 1.165) is 11.8 Å². The lowest BCUT2D eigenvalue weighted by atomic mass is 9.76. The van der Waals surface area contributed by atoms with Crippen LogP contribution in [0.5, 0.6) is 0 Å². The number of rotatable bonds is 1. The van der Waals surface area contributed by atoms with Crippen molar-refractivity contribution in [2.75, 3.05) is 0 Å².